The van der Waals surface area contributed by atoms with Crippen LogP contribution in [0.5, 0.6) is 0 Å². The number of aromatic nitrogens is 1. The van der Waals surface area contributed by atoms with Gasteiger partial charge in [-0.05, 0) is 6.92 Å². The van der Waals surface area contributed by atoms with Crippen molar-refractivity contribution in [3.05, 3.63) is 16.1 Å². The van der Waals surface area contributed by atoms with E-state index in [2.05, 4.69) is 25.9 Å². The van der Waals surface area contributed by atoms with E-state index in [0.29, 0.717) is 13.1 Å². The topological polar surface area (TPSA) is 94.6 Å². The van der Waals surface area contributed by atoms with Gasteiger partial charge in [-0.2, -0.15) is 0 Å². The van der Waals surface area contributed by atoms with Crippen LogP contribution in [0.3, 0.4) is 0 Å². The van der Waals surface area contributed by atoms with Crippen molar-refractivity contribution in [2.75, 3.05) is 26.2 Å². The fourth-order valence-corrected chi connectivity index (χ4v) is 3.38. The highest BCUT2D eigenvalue weighted by Gasteiger charge is 2.33. The van der Waals surface area contributed by atoms with Crippen molar-refractivity contribution in [2.45, 2.75) is 25.9 Å². The largest absolute Gasteiger partial charge is 0.340 e. The number of urea groups is 1. The summed E-state index contributed by atoms with van der Waals surface area (Å²) in [6, 6.07) is -1.28. The lowest BCUT2D eigenvalue weighted by Gasteiger charge is -2.34. The molecule has 0 saturated carbocycles. The molecule has 3 heterocycles. The van der Waals surface area contributed by atoms with E-state index in [1.54, 1.807) is 16.2 Å². The Balaban J connectivity index is 1.46. The van der Waals surface area contributed by atoms with E-state index >= 15 is 0 Å². The maximum absolute atomic E-state index is 12.2. The average molecular weight is 337 g/mol. The molecule has 2 aliphatic rings. The number of aryl methyl sites for hydroxylation is 1. The van der Waals surface area contributed by atoms with E-state index in [4.69, 9.17) is 0 Å². The van der Waals surface area contributed by atoms with Gasteiger partial charge in [-0.1, -0.05) is 0 Å². The molecule has 0 radical (unpaired) electrons. The summed E-state index contributed by atoms with van der Waals surface area (Å²) in [6.07, 6.45) is 0.0167. The van der Waals surface area contributed by atoms with Crippen molar-refractivity contribution >= 4 is 29.2 Å². The number of imide groups is 1. The Hall–Kier alpha value is -2.00. The molecule has 4 amide bonds. The van der Waals surface area contributed by atoms with Crippen LogP contribution in [0, 0.1) is 6.92 Å². The minimum atomic E-state index is -0.744. The number of amides is 4. The van der Waals surface area contributed by atoms with E-state index in [0.717, 1.165) is 30.3 Å². The average Bonchev–Trinajstić information content (AvgIpc) is 3.05. The summed E-state index contributed by atoms with van der Waals surface area (Å²) < 4.78 is 0. The lowest BCUT2D eigenvalue weighted by atomic mass is 10.1. The molecule has 2 fully saturated rings. The first-order chi connectivity index (χ1) is 11.0. The Kier molecular flexibility index (Phi) is 4.58. The highest BCUT2D eigenvalue weighted by molar-refractivity contribution is 7.09. The van der Waals surface area contributed by atoms with E-state index in [1.165, 1.54) is 0 Å². The zero-order chi connectivity index (χ0) is 16.4. The van der Waals surface area contributed by atoms with Gasteiger partial charge in [0.25, 0.3) is 5.91 Å². The fraction of sp³-hybridized carbons (Fsp3) is 0.571. The maximum Gasteiger partial charge on any atom is 0.322 e. The molecule has 3 rings (SSSR count). The second-order valence-electron chi connectivity index (χ2n) is 5.73. The van der Waals surface area contributed by atoms with E-state index in [1.807, 2.05) is 6.92 Å². The quantitative estimate of drug-likeness (QED) is 0.735. The summed E-state index contributed by atoms with van der Waals surface area (Å²) in [7, 11) is 0. The van der Waals surface area contributed by atoms with Crippen LogP contribution in [-0.4, -0.2) is 64.9 Å². The number of nitrogens with zero attached hydrogens (tertiary/aromatic N) is 3. The first-order valence-corrected chi connectivity index (χ1v) is 8.42. The van der Waals surface area contributed by atoms with Crippen LogP contribution < -0.4 is 10.6 Å². The molecule has 2 aliphatic heterocycles. The predicted octanol–water partition coefficient (Wildman–Crippen LogP) is -0.306. The van der Waals surface area contributed by atoms with Gasteiger partial charge in [0.05, 0.1) is 17.1 Å². The van der Waals surface area contributed by atoms with Gasteiger partial charge >= 0.3 is 6.03 Å². The van der Waals surface area contributed by atoms with Crippen molar-refractivity contribution in [1.29, 1.82) is 0 Å². The third kappa shape index (κ3) is 3.85. The van der Waals surface area contributed by atoms with Gasteiger partial charge in [-0.3, -0.25) is 19.8 Å². The van der Waals surface area contributed by atoms with Crippen LogP contribution in [0.25, 0.3) is 0 Å². The molecule has 0 aliphatic carbocycles. The summed E-state index contributed by atoms with van der Waals surface area (Å²) in [4.78, 5) is 43.3. The van der Waals surface area contributed by atoms with Gasteiger partial charge < -0.3 is 10.2 Å². The van der Waals surface area contributed by atoms with Crippen LogP contribution in [0.4, 0.5) is 4.79 Å². The molecule has 1 aromatic rings. The Bertz CT molecular complexity index is 624. The van der Waals surface area contributed by atoms with Gasteiger partial charge in [0, 0.05) is 38.1 Å². The molecule has 8 nitrogen and oxygen atoms in total. The molecule has 1 aromatic heterocycles. The van der Waals surface area contributed by atoms with E-state index < -0.39 is 18.0 Å². The number of piperazine rings is 1. The maximum atomic E-state index is 12.2. The molecule has 2 N–H and O–H groups in total. The van der Waals surface area contributed by atoms with Gasteiger partial charge in [0.1, 0.15) is 6.04 Å². The molecule has 9 heteroatoms. The van der Waals surface area contributed by atoms with Crippen molar-refractivity contribution in [2.24, 2.45) is 0 Å². The molecule has 23 heavy (non-hydrogen) atoms. The van der Waals surface area contributed by atoms with Crippen LogP contribution in [0.15, 0.2) is 5.38 Å². The number of nitrogens with one attached hydrogen (secondary N) is 2. The summed E-state index contributed by atoms with van der Waals surface area (Å²) >= 11 is 1.64. The van der Waals surface area contributed by atoms with Crippen LogP contribution in [0.1, 0.15) is 17.1 Å². The molecular formula is C14H19N5O3S. The van der Waals surface area contributed by atoms with Crippen molar-refractivity contribution in [1.82, 2.24) is 25.4 Å². The minimum absolute atomic E-state index is 0.0167. The smallest absolute Gasteiger partial charge is 0.322 e. The van der Waals surface area contributed by atoms with Gasteiger partial charge in [0.15, 0.2) is 0 Å². The normalized spacial score (nSPS) is 22.1. The second-order valence-corrected chi connectivity index (χ2v) is 6.80. The van der Waals surface area contributed by atoms with Crippen LogP contribution in [-0.2, 0) is 16.1 Å². The number of rotatable bonds is 4. The van der Waals surface area contributed by atoms with E-state index in [9.17, 15) is 14.4 Å². The Labute approximate surface area is 137 Å². The number of thiazole rings is 1. The highest BCUT2D eigenvalue weighted by atomic mass is 32.1. The van der Waals surface area contributed by atoms with Gasteiger partial charge in [-0.25, -0.2) is 9.78 Å². The monoisotopic (exact) mass is 337 g/mol. The third-order valence-corrected chi connectivity index (χ3v) is 4.84. The zero-order valence-corrected chi connectivity index (χ0v) is 13.7. The lowest BCUT2D eigenvalue weighted by Crippen LogP contribution is -2.49. The van der Waals surface area contributed by atoms with Crippen LogP contribution >= 0.6 is 11.3 Å². The zero-order valence-electron chi connectivity index (χ0n) is 12.9. The molecule has 0 bridgehead atoms. The fourth-order valence-electron chi connectivity index (χ4n) is 2.77. The van der Waals surface area contributed by atoms with Crippen molar-refractivity contribution in [3.63, 3.8) is 0 Å². The number of hydrogen-bond donors (Lipinski definition) is 2. The Morgan fingerprint density at radius 1 is 1.35 bits per heavy atom. The van der Waals surface area contributed by atoms with Gasteiger partial charge in [-0.15, -0.1) is 11.3 Å². The second kappa shape index (κ2) is 6.63. The summed E-state index contributed by atoms with van der Waals surface area (Å²) in [5, 5.41) is 7.71. The molecule has 1 unspecified atom stereocenters. The lowest BCUT2D eigenvalue weighted by molar-refractivity contribution is -0.135. The summed E-state index contributed by atoms with van der Waals surface area (Å²) in [5.74, 6) is -0.530. The molecule has 0 aromatic carbocycles. The SMILES string of the molecule is Cc1nc(CN2CCN(C(=O)CC3NC(=O)NC3=O)CC2)cs1. The van der Waals surface area contributed by atoms with E-state index in [-0.39, 0.29) is 12.3 Å². The number of carbonyl (C=O) groups excluding carboxylic acids is 3. The first kappa shape index (κ1) is 15.9. The molecular weight excluding hydrogens is 318 g/mol. The first-order valence-electron chi connectivity index (χ1n) is 7.54. The number of carbonyl (C=O) groups is 3. The van der Waals surface area contributed by atoms with Crippen molar-refractivity contribution in [3.8, 4) is 0 Å². The minimum Gasteiger partial charge on any atom is -0.340 e. The Morgan fingerprint density at radius 2 is 2.09 bits per heavy atom. The molecule has 2 saturated heterocycles. The van der Waals surface area contributed by atoms with Crippen molar-refractivity contribution < 1.29 is 14.4 Å². The third-order valence-electron chi connectivity index (χ3n) is 4.01. The standard InChI is InChI=1S/C14H19N5O3S/c1-9-15-10(8-23-9)7-18-2-4-19(5-3-18)12(20)6-11-13(21)17-14(22)16-11/h8,11H,2-7H2,1H3,(H2,16,17,21,22). The van der Waals surface area contributed by atoms with Gasteiger partial charge in [0.2, 0.25) is 5.91 Å². The predicted molar refractivity (Wildman–Crippen MR) is 83.8 cm³/mol. The Morgan fingerprint density at radius 3 is 2.65 bits per heavy atom. The molecule has 0 spiro atoms. The highest BCUT2D eigenvalue weighted by Crippen LogP contribution is 2.13. The number of hydrogen-bond acceptors (Lipinski definition) is 6. The molecule has 124 valence electrons. The summed E-state index contributed by atoms with van der Waals surface area (Å²) in [6.45, 7) is 5.61. The van der Waals surface area contributed by atoms with Crippen LogP contribution in [0.2, 0.25) is 0 Å². The summed E-state index contributed by atoms with van der Waals surface area (Å²) in [5.41, 5.74) is 1.07. The molecule has 1 atom stereocenters.